The van der Waals surface area contributed by atoms with Gasteiger partial charge in [-0.1, -0.05) is 71.9 Å². The lowest BCUT2D eigenvalue weighted by Crippen LogP contribution is -2.40. The first-order valence-corrected chi connectivity index (χ1v) is 12.1. The Balaban J connectivity index is 1.69. The van der Waals surface area contributed by atoms with Crippen molar-refractivity contribution in [1.82, 2.24) is 10.1 Å². The number of rotatable bonds is 6. The van der Waals surface area contributed by atoms with E-state index in [2.05, 4.69) is 16.2 Å². The molecule has 0 fully saturated rings. The summed E-state index contributed by atoms with van der Waals surface area (Å²) in [5, 5.41) is 14.3. The van der Waals surface area contributed by atoms with E-state index in [1.165, 1.54) is 19.1 Å². The van der Waals surface area contributed by atoms with E-state index in [0.717, 1.165) is 5.56 Å². The van der Waals surface area contributed by atoms with Gasteiger partial charge < -0.3 is 19.7 Å². The van der Waals surface area contributed by atoms with Crippen molar-refractivity contribution in [2.24, 2.45) is 5.73 Å². The first-order chi connectivity index (χ1) is 19.5. The molecule has 0 amide bonds. The van der Waals surface area contributed by atoms with Crippen LogP contribution in [-0.4, -0.2) is 36.3 Å². The zero-order valence-corrected chi connectivity index (χ0v) is 21.6. The molecule has 1 aliphatic heterocycles. The summed E-state index contributed by atoms with van der Waals surface area (Å²) in [6.45, 7) is 0. The van der Waals surface area contributed by atoms with Crippen molar-refractivity contribution in [3.8, 4) is 28.9 Å². The molecule has 10 nitrogen and oxygen atoms in total. The predicted molar refractivity (Wildman–Crippen MR) is 145 cm³/mol. The second-order valence-corrected chi connectivity index (χ2v) is 8.67. The fourth-order valence-electron chi connectivity index (χ4n) is 4.60. The van der Waals surface area contributed by atoms with Crippen LogP contribution < -0.4 is 10.6 Å². The SMILES string of the molecule is COC(=O)C1=C(C(=O)OC)N(c2cccc(-c3nc(-c4ccccc4)no3)c2)C(N)=C(C#N)C1c1ccccc1. The number of allylic oxidation sites excluding steroid dienone is 1. The van der Waals surface area contributed by atoms with Gasteiger partial charge in [-0.3, -0.25) is 4.90 Å². The van der Waals surface area contributed by atoms with Crippen LogP contribution in [0.2, 0.25) is 0 Å². The molecular formula is C30H23N5O5. The van der Waals surface area contributed by atoms with E-state index in [1.54, 1.807) is 54.6 Å². The summed E-state index contributed by atoms with van der Waals surface area (Å²) in [6.07, 6.45) is 0. The molecule has 10 heteroatoms. The summed E-state index contributed by atoms with van der Waals surface area (Å²) in [7, 11) is 2.39. The highest BCUT2D eigenvalue weighted by Crippen LogP contribution is 2.43. The van der Waals surface area contributed by atoms with Crippen LogP contribution in [0.15, 0.2) is 112 Å². The molecular weight excluding hydrogens is 510 g/mol. The molecule has 0 radical (unpaired) electrons. The summed E-state index contributed by atoms with van der Waals surface area (Å²) >= 11 is 0. The number of nitriles is 1. The normalized spacial score (nSPS) is 15.0. The Morgan fingerprint density at radius 2 is 1.57 bits per heavy atom. The minimum atomic E-state index is -0.962. The molecule has 0 aliphatic carbocycles. The highest BCUT2D eigenvalue weighted by atomic mass is 16.5. The summed E-state index contributed by atoms with van der Waals surface area (Å²) in [5.41, 5.74) is 8.63. The molecule has 2 N–H and O–H groups in total. The third-order valence-electron chi connectivity index (χ3n) is 6.42. The number of ether oxygens (including phenoxy) is 2. The Morgan fingerprint density at radius 1 is 0.925 bits per heavy atom. The number of hydrogen-bond donors (Lipinski definition) is 1. The maximum absolute atomic E-state index is 13.3. The Hall–Kier alpha value is -5.69. The monoisotopic (exact) mass is 533 g/mol. The number of esters is 2. The highest BCUT2D eigenvalue weighted by molar-refractivity contribution is 6.06. The average molecular weight is 534 g/mol. The Morgan fingerprint density at radius 3 is 2.23 bits per heavy atom. The summed E-state index contributed by atoms with van der Waals surface area (Å²) in [5.74, 6) is -2.02. The van der Waals surface area contributed by atoms with Crippen molar-refractivity contribution in [1.29, 1.82) is 5.26 Å². The van der Waals surface area contributed by atoms with Gasteiger partial charge in [-0.2, -0.15) is 10.2 Å². The molecule has 40 heavy (non-hydrogen) atoms. The van der Waals surface area contributed by atoms with E-state index in [1.807, 2.05) is 30.3 Å². The molecule has 1 unspecified atom stereocenters. The van der Waals surface area contributed by atoms with Gasteiger partial charge >= 0.3 is 11.9 Å². The van der Waals surface area contributed by atoms with Gasteiger partial charge in [0.25, 0.3) is 5.89 Å². The van der Waals surface area contributed by atoms with Crippen LogP contribution >= 0.6 is 0 Å². The molecule has 0 spiro atoms. The van der Waals surface area contributed by atoms with Gasteiger partial charge in [0.15, 0.2) is 0 Å². The minimum Gasteiger partial charge on any atom is -0.466 e. The fourth-order valence-corrected chi connectivity index (χ4v) is 4.60. The summed E-state index contributed by atoms with van der Waals surface area (Å²) in [4.78, 5) is 32.3. The number of carbonyl (C=O) groups is 2. The van der Waals surface area contributed by atoms with Crippen molar-refractivity contribution in [3.63, 3.8) is 0 Å². The number of anilines is 1. The predicted octanol–water partition coefficient (Wildman–Crippen LogP) is 4.30. The largest absolute Gasteiger partial charge is 0.466 e. The quantitative estimate of drug-likeness (QED) is 0.356. The van der Waals surface area contributed by atoms with E-state index in [4.69, 9.17) is 19.7 Å². The maximum Gasteiger partial charge on any atom is 0.355 e. The first-order valence-electron chi connectivity index (χ1n) is 12.1. The van der Waals surface area contributed by atoms with Gasteiger partial charge in [-0.15, -0.1) is 0 Å². The molecule has 0 bridgehead atoms. The third kappa shape index (κ3) is 4.56. The van der Waals surface area contributed by atoms with Crippen LogP contribution in [0.25, 0.3) is 22.8 Å². The number of benzene rings is 3. The highest BCUT2D eigenvalue weighted by Gasteiger charge is 2.43. The topological polar surface area (TPSA) is 145 Å². The van der Waals surface area contributed by atoms with Crippen molar-refractivity contribution < 1.29 is 23.6 Å². The van der Waals surface area contributed by atoms with Crippen LogP contribution in [0.5, 0.6) is 0 Å². The van der Waals surface area contributed by atoms with E-state index < -0.39 is 17.9 Å². The van der Waals surface area contributed by atoms with Gasteiger partial charge in [0.2, 0.25) is 5.82 Å². The van der Waals surface area contributed by atoms with Gasteiger partial charge in [-0.25, -0.2) is 9.59 Å². The van der Waals surface area contributed by atoms with Crippen molar-refractivity contribution >= 4 is 17.6 Å². The lowest BCUT2D eigenvalue weighted by atomic mass is 9.81. The smallest absolute Gasteiger partial charge is 0.355 e. The number of carbonyl (C=O) groups excluding carboxylic acids is 2. The van der Waals surface area contributed by atoms with Gasteiger partial charge in [0.05, 0.1) is 37.4 Å². The maximum atomic E-state index is 13.3. The zero-order valence-electron chi connectivity index (χ0n) is 21.6. The molecule has 1 aliphatic rings. The van der Waals surface area contributed by atoms with Crippen LogP contribution in [0.1, 0.15) is 11.5 Å². The van der Waals surface area contributed by atoms with E-state index in [9.17, 15) is 14.9 Å². The van der Waals surface area contributed by atoms with Crippen LogP contribution in [0.3, 0.4) is 0 Å². The Kier molecular flexibility index (Phi) is 7.11. The molecule has 4 aromatic rings. The molecule has 5 rings (SSSR count). The van der Waals surface area contributed by atoms with Crippen LogP contribution in [-0.2, 0) is 19.1 Å². The van der Waals surface area contributed by atoms with Crippen molar-refractivity contribution in [3.05, 3.63) is 113 Å². The minimum absolute atomic E-state index is 0.0444. The molecule has 1 atom stereocenters. The van der Waals surface area contributed by atoms with Gasteiger partial charge in [0.1, 0.15) is 11.5 Å². The van der Waals surface area contributed by atoms with Crippen molar-refractivity contribution in [2.45, 2.75) is 5.92 Å². The third-order valence-corrected chi connectivity index (χ3v) is 6.42. The van der Waals surface area contributed by atoms with E-state index >= 15 is 0 Å². The lowest BCUT2D eigenvalue weighted by Gasteiger charge is -2.36. The Bertz CT molecular complexity index is 1690. The summed E-state index contributed by atoms with van der Waals surface area (Å²) in [6, 6.07) is 27.0. The molecule has 0 saturated carbocycles. The van der Waals surface area contributed by atoms with E-state index in [0.29, 0.717) is 22.6 Å². The standard InChI is InChI=1S/C30H23N5O5/c1-38-29(36)24-23(18-10-5-3-6-11-18)22(17-31)26(32)35(25(24)30(37)39-2)21-15-9-14-20(16-21)28-33-27(34-40-28)19-12-7-4-8-13-19/h3-16,23H,32H2,1-2H3. The van der Waals surface area contributed by atoms with E-state index in [-0.39, 0.29) is 28.6 Å². The molecule has 3 aromatic carbocycles. The fraction of sp³-hybridized carbons (Fsp3) is 0.100. The number of nitrogens with two attached hydrogens (primary N) is 1. The molecule has 0 saturated heterocycles. The first kappa shape index (κ1) is 25.9. The van der Waals surface area contributed by atoms with Crippen molar-refractivity contribution in [2.75, 3.05) is 19.1 Å². The number of hydrogen-bond acceptors (Lipinski definition) is 10. The number of aromatic nitrogens is 2. The molecule has 198 valence electrons. The average Bonchev–Trinajstić information content (AvgIpc) is 3.51. The van der Waals surface area contributed by atoms with Crippen LogP contribution in [0, 0.1) is 11.3 Å². The number of methoxy groups -OCH3 is 2. The second kappa shape index (κ2) is 11.0. The molecule has 2 heterocycles. The van der Waals surface area contributed by atoms with Gasteiger partial charge in [-0.05, 0) is 23.8 Å². The van der Waals surface area contributed by atoms with Gasteiger partial charge in [0, 0.05) is 16.8 Å². The second-order valence-electron chi connectivity index (χ2n) is 8.67. The van der Waals surface area contributed by atoms with Crippen LogP contribution in [0.4, 0.5) is 5.69 Å². The summed E-state index contributed by atoms with van der Waals surface area (Å²) < 4.78 is 15.7. The molecule has 1 aromatic heterocycles. The Labute approximate surface area is 229 Å². The zero-order chi connectivity index (χ0) is 28.2. The lowest BCUT2D eigenvalue weighted by molar-refractivity contribution is -0.139. The number of nitrogens with zero attached hydrogens (tertiary/aromatic N) is 4.